The van der Waals surface area contributed by atoms with Crippen LogP contribution in [0.4, 0.5) is 4.79 Å². The van der Waals surface area contributed by atoms with Gasteiger partial charge in [0.1, 0.15) is 17.7 Å². The van der Waals surface area contributed by atoms with Crippen molar-refractivity contribution in [2.24, 2.45) is 5.92 Å². The van der Waals surface area contributed by atoms with E-state index < -0.39 is 12.2 Å². The van der Waals surface area contributed by atoms with Crippen LogP contribution in [0.25, 0.3) is 0 Å². The zero-order valence-corrected chi connectivity index (χ0v) is 30.9. The molecule has 9 atom stereocenters. The van der Waals surface area contributed by atoms with Gasteiger partial charge in [-0.2, -0.15) is 0 Å². The summed E-state index contributed by atoms with van der Waals surface area (Å²) in [6, 6.07) is 5.67. The SMILES string of the molecule is CC(=O)OC(C)C=CC(=O)NC1CC(C)C(CC=C(C)C=CC2CC3(CO3)CC(CNC(=O)OCC(C)SSc3ccccn3)O2)OC1C. The van der Waals surface area contributed by atoms with Crippen LogP contribution < -0.4 is 10.6 Å². The Kier molecular flexibility index (Phi) is 15.1. The molecule has 1 aromatic rings. The number of alkyl carbamates (subject to hydrolysis) is 1. The van der Waals surface area contributed by atoms with Gasteiger partial charge < -0.3 is 34.3 Å². The van der Waals surface area contributed by atoms with E-state index in [1.807, 2.05) is 32.0 Å². The largest absolute Gasteiger partial charge is 0.459 e. The predicted octanol–water partition coefficient (Wildman–Crippen LogP) is 5.95. The summed E-state index contributed by atoms with van der Waals surface area (Å²) in [6.07, 6.45) is 12.8. The van der Waals surface area contributed by atoms with Gasteiger partial charge in [-0.1, -0.05) is 47.6 Å². The maximum atomic E-state index is 12.4. The van der Waals surface area contributed by atoms with E-state index in [0.29, 0.717) is 19.8 Å². The first-order chi connectivity index (χ1) is 23.4. The first kappa shape index (κ1) is 39.0. The average Bonchev–Trinajstić information content (AvgIpc) is 3.81. The van der Waals surface area contributed by atoms with E-state index in [-0.39, 0.29) is 59.1 Å². The molecule has 0 saturated carbocycles. The van der Waals surface area contributed by atoms with Crippen LogP contribution in [0.2, 0.25) is 0 Å². The van der Waals surface area contributed by atoms with Crippen LogP contribution in [-0.2, 0) is 33.3 Å². The van der Waals surface area contributed by atoms with Gasteiger partial charge in [0.15, 0.2) is 0 Å². The molecule has 0 aromatic carbocycles. The third-order valence-electron chi connectivity index (χ3n) is 8.61. The van der Waals surface area contributed by atoms with Crippen LogP contribution in [0.5, 0.6) is 0 Å². The summed E-state index contributed by atoms with van der Waals surface area (Å²) in [6.45, 7) is 12.6. The van der Waals surface area contributed by atoms with Crippen LogP contribution in [0, 0.1) is 5.92 Å². The number of aromatic nitrogens is 1. The minimum Gasteiger partial charge on any atom is -0.459 e. The summed E-state index contributed by atoms with van der Waals surface area (Å²) in [5, 5.41) is 6.92. The molecule has 2 amide bonds. The summed E-state index contributed by atoms with van der Waals surface area (Å²) in [5.74, 6) is -0.371. The smallest absolute Gasteiger partial charge is 0.407 e. The maximum absolute atomic E-state index is 12.4. The van der Waals surface area contributed by atoms with Crippen LogP contribution in [-0.4, -0.2) is 90.1 Å². The molecule has 3 aliphatic rings. The Balaban J connectivity index is 1.17. The lowest BCUT2D eigenvalue weighted by Crippen LogP contribution is -2.50. The Hall–Kier alpha value is -2.84. The topological polar surface area (TPSA) is 138 Å². The second-order valence-electron chi connectivity index (χ2n) is 13.2. The molecule has 0 radical (unpaired) electrons. The van der Waals surface area contributed by atoms with Crippen molar-refractivity contribution in [3.8, 4) is 0 Å². The summed E-state index contributed by atoms with van der Waals surface area (Å²) in [5.41, 5.74) is 0.927. The fourth-order valence-electron chi connectivity index (χ4n) is 5.87. The highest BCUT2D eigenvalue weighted by atomic mass is 33.1. The minimum absolute atomic E-state index is 0.0384. The number of hydrogen-bond acceptors (Lipinski definition) is 11. The Morgan fingerprint density at radius 3 is 2.65 bits per heavy atom. The molecule has 4 rings (SSSR count). The van der Waals surface area contributed by atoms with Crippen LogP contribution in [0.3, 0.4) is 0 Å². The monoisotopic (exact) mass is 717 g/mol. The van der Waals surface area contributed by atoms with Crippen LogP contribution in [0.1, 0.15) is 67.2 Å². The highest BCUT2D eigenvalue weighted by Gasteiger charge is 2.51. The molecule has 0 aliphatic carbocycles. The number of nitrogens with one attached hydrogen (secondary N) is 2. The maximum Gasteiger partial charge on any atom is 0.407 e. The molecule has 49 heavy (non-hydrogen) atoms. The molecule has 11 nitrogen and oxygen atoms in total. The Labute approximate surface area is 298 Å². The fraction of sp³-hybridized carbons (Fsp3) is 0.611. The summed E-state index contributed by atoms with van der Waals surface area (Å²) >= 11 is 0. The number of carbonyl (C=O) groups is 3. The zero-order valence-electron chi connectivity index (χ0n) is 29.3. The van der Waals surface area contributed by atoms with Crippen LogP contribution >= 0.6 is 21.6 Å². The Morgan fingerprint density at radius 1 is 1.14 bits per heavy atom. The molecular weight excluding hydrogens is 667 g/mol. The van der Waals surface area contributed by atoms with Crippen molar-refractivity contribution in [2.45, 2.75) is 120 Å². The van der Waals surface area contributed by atoms with E-state index >= 15 is 0 Å². The van der Waals surface area contributed by atoms with Crippen molar-refractivity contribution in [3.05, 3.63) is 60.3 Å². The van der Waals surface area contributed by atoms with Gasteiger partial charge in [0.2, 0.25) is 5.91 Å². The zero-order chi connectivity index (χ0) is 35.4. The Bertz CT molecular complexity index is 1340. The second-order valence-corrected chi connectivity index (χ2v) is 15.9. The summed E-state index contributed by atoms with van der Waals surface area (Å²) < 4.78 is 28.9. The number of carbonyl (C=O) groups excluding carboxylic acids is 3. The first-order valence-electron chi connectivity index (χ1n) is 17.0. The number of pyridine rings is 1. The van der Waals surface area contributed by atoms with Crippen molar-refractivity contribution >= 4 is 39.6 Å². The van der Waals surface area contributed by atoms with Crippen molar-refractivity contribution in [1.29, 1.82) is 0 Å². The number of ether oxygens (including phenoxy) is 5. The van der Waals surface area contributed by atoms with Gasteiger partial charge in [-0.15, -0.1) is 0 Å². The lowest BCUT2D eigenvalue weighted by Gasteiger charge is -2.39. The van der Waals surface area contributed by atoms with Gasteiger partial charge in [0, 0.05) is 43.8 Å². The van der Waals surface area contributed by atoms with Gasteiger partial charge in [-0.3, -0.25) is 9.59 Å². The van der Waals surface area contributed by atoms with E-state index in [2.05, 4.69) is 47.7 Å². The number of nitrogens with zero attached hydrogens (tertiary/aromatic N) is 1. The van der Waals surface area contributed by atoms with Crippen molar-refractivity contribution in [2.75, 3.05) is 19.8 Å². The fourth-order valence-corrected chi connectivity index (χ4v) is 7.75. The molecule has 3 aliphatic heterocycles. The highest BCUT2D eigenvalue weighted by molar-refractivity contribution is 8.76. The molecule has 270 valence electrons. The van der Waals surface area contributed by atoms with Gasteiger partial charge in [-0.05, 0) is 75.5 Å². The second kappa shape index (κ2) is 19.0. The molecule has 1 spiro atoms. The van der Waals surface area contributed by atoms with E-state index in [9.17, 15) is 14.4 Å². The molecule has 3 saturated heterocycles. The van der Waals surface area contributed by atoms with E-state index in [1.54, 1.807) is 40.8 Å². The standard InChI is InChI=1S/C36H51N3O8S2/c1-23(11-14-32-24(2)17-31(27(5)46-32)39-33(41)15-12-25(3)45-28(6)40)10-13-29-18-36(22-44-36)19-30(47-29)20-38-35(42)43-21-26(4)48-49-34-9-7-8-16-37-34/h7-13,15-16,24-27,29-32H,14,17-22H2,1-6H3,(H,38,42)(H,39,41). The third-order valence-corrected chi connectivity index (χ3v) is 11.4. The number of esters is 1. The van der Waals surface area contributed by atoms with Gasteiger partial charge in [0.25, 0.3) is 0 Å². The minimum atomic E-state index is -0.468. The van der Waals surface area contributed by atoms with Crippen molar-refractivity contribution < 1.29 is 38.1 Å². The number of amides is 2. The highest BCUT2D eigenvalue weighted by Crippen LogP contribution is 2.42. The van der Waals surface area contributed by atoms with Crippen molar-refractivity contribution in [3.63, 3.8) is 0 Å². The summed E-state index contributed by atoms with van der Waals surface area (Å²) in [7, 11) is 3.18. The molecule has 0 bridgehead atoms. The van der Waals surface area contributed by atoms with Gasteiger partial charge >= 0.3 is 12.1 Å². The molecule has 3 fully saturated rings. The summed E-state index contributed by atoms with van der Waals surface area (Å²) in [4.78, 5) is 40.2. The number of epoxide rings is 1. The number of allylic oxidation sites excluding steroid dienone is 2. The third kappa shape index (κ3) is 13.8. The average molecular weight is 718 g/mol. The quantitative estimate of drug-likeness (QED) is 0.0732. The molecule has 2 N–H and O–H groups in total. The first-order valence-corrected chi connectivity index (χ1v) is 19.2. The van der Waals surface area contributed by atoms with Gasteiger partial charge in [0.05, 0.1) is 42.7 Å². The Morgan fingerprint density at radius 2 is 1.94 bits per heavy atom. The van der Waals surface area contributed by atoms with E-state index in [4.69, 9.17) is 23.7 Å². The lowest BCUT2D eigenvalue weighted by molar-refractivity contribution is -0.143. The van der Waals surface area contributed by atoms with E-state index in [0.717, 1.165) is 36.3 Å². The molecule has 9 unspecified atom stereocenters. The molecular formula is C36H51N3O8S2. The normalized spacial score (nSPS) is 29.8. The lowest BCUT2D eigenvalue weighted by atomic mass is 9.88. The van der Waals surface area contributed by atoms with Gasteiger partial charge in [-0.25, -0.2) is 9.78 Å². The molecule has 13 heteroatoms. The number of rotatable bonds is 15. The number of hydrogen-bond donors (Lipinski definition) is 2. The van der Waals surface area contributed by atoms with E-state index in [1.165, 1.54) is 13.0 Å². The van der Waals surface area contributed by atoms with Crippen molar-refractivity contribution in [1.82, 2.24) is 15.6 Å². The predicted molar refractivity (Wildman–Crippen MR) is 191 cm³/mol. The molecule has 1 aromatic heterocycles. The van der Waals surface area contributed by atoms with Crippen LogP contribution in [0.15, 0.2) is 65.4 Å². The molecule has 4 heterocycles.